The molecule has 0 aliphatic carbocycles. The molecule has 1 fully saturated rings. The lowest BCUT2D eigenvalue weighted by Gasteiger charge is -2.33. The minimum absolute atomic E-state index is 0.0588. The Bertz CT molecular complexity index is 418. The minimum atomic E-state index is -0.710. The van der Waals surface area contributed by atoms with Crippen molar-refractivity contribution in [3.63, 3.8) is 0 Å². The first-order valence-electron chi connectivity index (χ1n) is 6.08. The highest BCUT2D eigenvalue weighted by Crippen LogP contribution is 2.36. The normalized spacial score (nSPS) is 32.5. The summed E-state index contributed by atoms with van der Waals surface area (Å²) in [6, 6.07) is 4.87. The monoisotopic (exact) mass is 237 g/mol. The summed E-state index contributed by atoms with van der Waals surface area (Å²) in [5.41, 5.74) is 1.60. The molecule has 3 atom stereocenters. The highest BCUT2D eigenvalue weighted by molar-refractivity contribution is 5.34. The number of halogens is 1. The van der Waals surface area contributed by atoms with E-state index >= 15 is 0 Å². The van der Waals surface area contributed by atoms with Crippen molar-refractivity contribution < 1.29 is 14.2 Å². The van der Waals surface area contributed by atoms with Crippen LogP contribution in [0.1, 0.15) is 36.2 Å². The molecule has 0 aromatic heterocycles. The molecule has 4 heteroatoms. The zero-order valence-corrected chi connectivity index (χ0v) is 9.53. The van der Waals surface area contributed by atoms with Crippen molar-refractivity contribution in [1.29, 1.82) is 0 Å². The lowest BCUT2D eigenvalue weighted by Crippen LogP contribution is -2.35. The fourth-order valence-corrected chi connectivity index (χ4v) is 2.77. The predicted octanol–water partition coefficient (Wildman–Crippen LogP) is 1.68. The Morgan fingerprint density at radius 3 is 3.00 bits per heavy atom. The van der Waals surface area contributed by atoms with Crippen LogP contribution < -0.4 is 5.32 Å². The quantitative estimate of drug-likeness (QED) is 0.781. The molecule has 1 aromatic rings. The van der Waals surface area contributed by atoms with Gasteiger partial charge in [0.1, 0.15) is 11.9 Å². The lowest BCUT2D eigenvalue weighted by atomic mass is 9.91. The van der Waals surface area contributed by atoms with Gasteiger partial charge in [-0.25, -0.2) is 4.39 Å². The maximum atomic E-state index is 13.2. The fraction of sp³-hybridized carbons (Fsp3) is 0.538. The van der Waals surface area contributed by atoms with Gasteiger partial charge in [0.2, 0.25) is 0 Å². The Hall–Kier alpha value is -0.970. The van der Waals surface area contributed by atoms with Crippen LogP contribution in [0.5, 0.6) is 0 Å². The van der Waals surface area contributed by atoms with Crippen LogP contribution in [-0.4, -0.2) is 24.3 Å². The van der Waals surface area contributed by atoms with E-state index < -0.39 is 6.10 Å². The molecule has 17 heavy (non-hydrogen) atoms. The van der Waals surface area contributed by atoms with Gasteiger partial charge in [-0.3, -0.25) is 0 Å². The predicted molar refractivity (Wildman–Crippen MR) is 61.1 cm³/mol. The summed E-state index contributed by atoms with van der Waals surface area (Å²) in [4.78, 5) is 0. The van der Waals surface area contributed by atoms with Gasteiger partial charge in [-0.1, -0.05) is 6.07 Å². The van der Waals surface area contributed by atoms with Crippen molar-refractivity contribution in [3.8, 4) is 0 Å². The Kier molecular flexibility index (Phi) is 2.86. The van der Waals surface area contributed by atoms with E-state index in [9.17, 15) is 9.50 Å². The molecular formula is C13H16FNO2. The molecule has 2 N–H and O–H groups in total. The van der Waals surface area contributed by atoms with Gasteiger partial charge in [0.05, 0.1) is 12.7 Å². The van der Waals surface area contributed by atoms with Crippen molar-refractivity contribution >= 4 is 0 Å². The van der Waals surface area contributed by atoms with Gasteiger partial charge in [-0.15, -0.1) is 0 Å². The second-order valence-corrected chi connectivity index (χ2v) is 4.75. The molecule has 2 aliphatic rings. The van der Waals surface area contributed by atoms with Crippen molar-refractivity contribution in [3.05, 3.63) is 35.1 Å². The number of nitrogens with one attached hydrogen (secondary N) is 1. The zero-order chi connectivity index (χ0) is 11.8. The molecular weight excluding hydrogens is 221 g/mol. The third-order valence-corrected chi connectivity index (χ3v) is 3.61. The van der Waals surface area contributed by atoms with Crippen LogP contribution in [0.3, 0.4) is 0 Å². The summed E-state index contributed by atoms with van der Waals surface area (Å²) >= 11 is 0. The topological polar surface area (TPSA) is 41.5 Å². The second kappa shape index (κ2) is 4.37. The third-order valence-electron chi connectivity index (χ3n) is 3.61. The summed E-state index contributed by atoms with van der Waals surface area (Å²) in [6.45, 7) is 1.25. The summed E-state index contributed by atoms with van der Waals surface area (Å²) < 4.78 is 18.9. The number of aliphatic hydroxyl groups is 1. The first-order chi connectivity index (χ1) is 8.25. The van der Waals surface area contributed by atoms with Gasteiger partial charge in [0.15, 0.2) is 0 Å². The highest BCUT2D eigenvalue weighted by atomic mass is 19.1. The number of rotatable bonds is 1. The van der Waals surface area contributed by atoms with Crippen LogP contribution in [-0.2, 0) is 4.74 Å². The number of hydrogen-bond donors (Lipinski definition) is 2. The van der Waals surface area contributed by atoms with E-state index in [2.05, 4.69) is 5.32 Å². The van der Waals surface area contributed by atoms with Crippen molar-refractivity contribution in [1.82, 2.24) is 5.32 Å². The number of benzene rings is 1. The number of ether oxygens (including phenoxy) is 1. The standard InChI is InChI=1S/C13H16FNO2/c14-8-3-4-9-10(6-8)12(16)7-17-13(9)11-2-1-5-15-11/h3-4,6,11-13,15-16H,1-2,5,7H2/t11-,12?,13?/m0/s1. The molecule has 0 saturated carbocycles. The molecule has 1 saturated heterocycles. The van der Waals surface area contributed by atoms with Crippen LogP contribution in [0.4, 0.5) is 4.39 Å². The van der Waals surface area contributed by atoms with E-state index in [-0.39, 0.29) is 24.6 Å². The number of aliphatic hydroxyl groups excluding tert-OH is 1. The molecule has 0 spiro atoms. The van der Waals surface area contributed by atoms with E-state index in [0.717, 1.165) is 24.9 Å². The van der Waals surface area contributed by atoms with Crippen LogP contribution in [0.2, 0.25) is 0 Å². The smallest absolute Gasteiger partial charge is 0.123 e. The van der Waals surface area contributed by atoms with Crippen LogP contribution in [0, 0.1) is 5.82 Å². The molecule has 0 bridgehead atoms. The molecule has 2 aliphatic heterocycles. The Morgan fingerprint density at radius 2 is 2.24 bits per heavy atom. The largest absolute Gasteiger partial charge is 0.386 e. The van der Waals surface area contributed by atoms with E-state index in [4.69, 9.17) is 4.74 Å². The Labute approximate surface area is 99.6 Å². The maximum Gasteiger partial charge on any atom is 0.123 e. The molecule has 1 aromatic carbocycles. The fourth-order valence-electron chi connectivity index (χ4n) is 2.77. The van der Waals surface area contributed by atoms with Gasteiger partial charge in [-0.05, 0) is 42.6 Å². The summed E-state index contributed by atoms with van der Waals surface area (Å²) in [5.74, 6) is -0.303. The van der Waals surface area contributed by atoms with Crippen molar-refractivity contribution in [2.75, 3.05) is 13.2 Å². The van der Waals surface area contributed by atoms with E-state index in [1.165, 1.54) is 12.1 Å². The van der Waals surface area contributed by atoms with Gasteiger partial charge in [-0.2, -0.15) is 0 Å². The molecule has 2 unspecified atom stereocenters. The lowest BCUT2D eigenvalue weighted by molar-refractivity contribution is -0.0435. The van der Waals surface area contributed by atoms with E-state index in [1.54, 1.807) is 6.07 Å². The summed E-state index contributed by atoms with van der Waals surface area (Å²) in [7, 11) is 0. The molecule has 0 radical (unpaired) electrons. The van der Waals surface area contributed by atoms with Gasteiger partial charge >= 0.3 is 0 Å². The number of fused-ring (bicyclic) bond motifs is 1. The van der Waals surface area contributed by atoms with Crippen molar-refractivity contribution in [2.45, 2.75) is 31.1 Å². The van der Waals surface area contributed by atoms with E-state index in [1.807, 2.05) is 0 Å². The second-order valence-electron chi connectivity index (χ2n) is 4.75. The highest BCUT2D eigenvalue weighted by Gasteiger charge is 2.33. The third kappa shape index (κ3) is 1.97. The average Bonchev–Trinajstić information content (AvgIpc) is 2.84. The minimum Gasteiger partial charge on any atom is -0.386 e. The molecule has 2 heterocycles. The van der Waals surface area contributed by atoms with Crippen LogP contribution in [0.25, 0.3) is 0 Å². The van der Waals surface area contributed by atoms with E-state index in [0.29, 0.717) is 5.56 Å². The average molecular weight is 237 g/mol. The Morgan fingerprint density at radius 1 is 1.35 bits per heavy atom. The molecule has 0 amide bonds. The Balaban J connectivity index is 1.96. The molecule has 92 valence electrons. The zero-order valence-electron chi connectivity index (χ0n) is 9.53. The van der Waals surface area contributed by atoms with Gasteiger partial charge in [0, 0.05) is 6.04 Å². The van der Waals surface area contributed by atoms with Gasteiger partial charge in [0.25, 0.3) is 0 Å². The van der Waals surface area contributed by atoms with Crippen LogP contribution >= 0.6 is 0 Å². The molecule has 3 rings (SSSR count). The first-order valence-corrected chi connectivity index (χ1v) is 6.08. The molecule has 3 nitrogen and oxygen atoms in total. The number of hydrogen-bond acceptors (Lipinski definition) is 3. The van der Waals surface area contributed by atoms with Gasteiger partial charge < -0.3 is 15.2 Å². The van der Waals surface area contributed by atoms with Crippen molar-refractivity contribution in [2.24, 2.45) is 0 Å². The summed E-state index contributed by atoms with van der Waals surface area (Å²) in [5, 5.41) is 13.2. The SMILES string of the molecule is OC1COC([C@@H]2CCCN2)c2ccc(F)cc21. The van der Waals surface area contributed by atoms with Crippen LogP contribution in [0.15, 0.2) is 18.2 Å². The maximum absolute atomic E-state index is 13.2. The first kappa shape index (κ1) is 11.1. The summed E-state index contributed by atoms with van der Waals surface area (Å²) in [6.07, 6.45) is 1.44.